The minimum atomic E-state index is -3.85. The molecule has 4 aromatic carbocycles. The molecule has 0 atom stereocenters. The van der Waals surface area contributed by atoms with Crippen molar-refractivity contribution in [2.45, 2.75) is 50.5 Å². The minimum Gasteiger partial charge on any atom is -0.322 e. The molecule has 53 heavy (non-hydrogen) atoms. The van der Waals surface area contributed by atoms with Gasteiger partial charge in [-0.2, -0.15) is 10.2 Å². The summed E-state index contributed by atoms with van der Waals surface area (Å²) in [6, 6.07) is 27.3. The van der Waals surface area contributed by atoms with Gasteiger partial charge >= 0.3 is 0 Å². The van der Waals surface area contributed by atoms with E-state index in [-0.39, 0.29) is 10.3 Å². The second kappa shape index (κ2) is 13.6. The average molecular weight is 788 g/mol. The van der Waals surface area contributed by atoms with Crippen LogP contribution in [0.25, 0.3) is 55.4 Å². The molecule has 0 aliphatic heterocycles. The molecule has 4 aromatic heterocycles. The Morgan fingerprint density at radius 3 is 1.70 bits per heavy atom. The zero-order chi connectivity index (χ0) is 37.7. The van der Waals surface area contributed by atoms with Crippen molar-refractivity contribution in [2.24, 2.45) is 10.9 Å². The molecule has 0 aliphatic carbocycles. The molecule has 0 saturated carbocycles. The van der Waals surface area contributed by atoms with Gasteiger partial charge in [-0.1, -0.05) is 99.6 Å². The molecule has 8 rings (SSSR count). The standard InChI is InChI=1S/C25H23N5O2S.C16H16BrN3/c1-25(2,26)18-9-7-16(8-10-18)17-13-28-24-22(14-29-30(24)15-17)20-11-12-23(33(27,31)32)21-6-4-3-5-19(20)21;1-16(2,3)13-6-4-11(5-7-13)12-8-18-15-14(17)9-19-20(15)10-12/h3-15H,26H2,1-2H3,(H2,27,31,32);4-10H,1-3H3. The van der Waals surface area contributed by atoms with Crippen molar-refractivity contribution >= 4 is 48.0 Å². The third-order valence-corrected chi connectivity index (χ3v) is 10.7. The largest absolute Gasteiger partial charge is 0.322 e. The normalized spacial score (nSPS) is 12.3. The van der Waals surface area contributed by atoms with E-state index in [9.17, 15) is 8.42 Å². The van der Waals surface area contributed by atoms with E-state index in [4.69, 9.17) is 10.9 Å². The number of hydrogen-bond acceptors (Lipinski definition) is 7. The smallest absolute Gasteiger partial charge is 0.238 e. The number of aromatic nitrogens is 6. The van der Waals surface area contributed by atoms with Crippen LogP contribution in [-0.4, -0.2) is 37.6 Å². The highest BCUT2D eigenvalue weighted by Gasteiger charge is 2.19. The molecular weight excluding hydrogens is 748 g/mol. The van der Waals surface area contributed by atoms with Crippen LogP contribution in [0.15, 0.2) is 131 Å². The number of hydrogen-bond donors (Lipinski definition) is 2. The predicted molar refractivity (Wildman–Crippen MR) is 215 cm³/mol. The Bertz CT molecular complexity index is 2730. The van der Waals surface area contributed by atoms with Crippen LogP contribution in [0.5, 0.6) is 0 Å². The predicted octanol–water partition coefficient (Wildman–Crippen LogP) is 8.51. The number of primary sulfonamides is 1. The first-order valence-electron chi connectivity index (χ1n) is 17.0. The lowest BCUT2D eigenvalue weighted by atomic mass is 9.86. The summed E-state index contributed by atoms with van der Waals surface area (Å²) in [6.07, 6.45) is 11.1. The second-order valence-corrected chi connectivity index (χ2v) is 17.0. The van der Waals surface area contributed by atoms with Crippen LogP contribution in [0.4, 0.5) is 0 Å². The molecule has 0 spiro atoms. The molecule has 12 heteroatoms. The van der Waals surface area contributed by atoms with E-state index in [1.165, 1.54) is 11.6 Å². The summed E-state index contributed by atoms with van der Waals surface area (Å²) in [5.41, 5.74) is 15.6. The van der Waals surface area contributed by atoms with Crippen molar-refractivity contribution in [3.05, 3.63) is 138 Å². The fourth-order valence-corrected chi connectivity index (χ4v) is 7.34. The molecule has 4 heterocycles. The molecule has 0 saturated heterocycles. The van der Waals surface area contributed by atoms with Crippen LogP contribution in [0, 0.1) is 0 Å². The lowest BCUT2D eigenvalue weighted by Crippen LogP contribution is -2.28. The number of halogens is 1. The number of nitrogens with two attached hydrogens (primary N) is 2. The molecule has 4 N–H and O–H groups in total. The fourth-order valence-electron chi connectivity index (χ4n) is 6.22. The summed E-state index contributed by atoms with van der Waals surface area (Å²) in [7, 11) is -3.85. The van der Waals surface area contributed by atoms with Gasteiger partial charge in [-0.15, -0.1) is 0 Å². The number of sulfonamides is 1. The van der Waals surface area contributed by atoms with Gasteiger partial charge in [0.25, 0.3) is 0 Å². The molecule has 0 radical (unpaired) electrons. The van der Waals surface area contributed by atoms with E-state index in [0.29, 0.717) is 11.0 Å². The monoisotopic (exact) mass is 786 g/mol. The van der Waals surface area contributed by atoms with Crippen molar-refractivity contribution in [1.29, 1.82) is 0 Å². The Labute approximate surface area is 316 Å². The van der Waals surface area contributed by atoms with Gasteiger partial charge in [0.2, 0.25) is 10.0 Å². The van der Waals surface area contributed by atoms with Gasteiger partial charge in [0.15, 0.2) is 11.3 Å². The van der Waals surface area contributed by atoms with Gasteiger partial charge in [0, 0.05) is 52.4 Å². The first-order chi connectivity index (χ1) is 25.1. The molecule has 8 aromatic rings. The molecule has 0 amide bonds. The van der Waals surface area contributed by atoms with Gasteiger partial charge in [-0.3, -0.25) is 0 Å². The zero-order valence-corrected chi connectivity index (χ0v) is 32.4. The molecule has 0 unspecified atom stereocenters. The highest BCUT2D eigenvalue weighted by molar-refractivity contribution is 9.10. The summed E-state index contributed by atoms with van der Waals surface area (Å²) >= 11 is 3.43. The Hall–Kier alpha value is -5.27. The fraction of sp³-hybridized carbons (Fsp3) is 0.171. The molecular formula is C41H39BrN8O2S. The van der Waals surface area contributed by atoms with Gasteiger partial charge in [0.05, 0.1) is 21.8 Å². The van der Waals surface area contributed by atoms with E-state index in [1.54, 1.807) is 39.6 Å². The van der Waals surface area contributed by atoms with Crippen LogP contribution < -0.4 is 10.9 Å². The van der Waals surface area contributed by atoms with E-state index < -0.39 is 15.6 Å². The Morgan fingerprint density at radius 1 is 0.604 bits per heavy atom. The molecule has 0 bridgehead atoms. The lowest BCUT2D eigenvalue weighted by molar-refractivity contribution is 0.554. The Balaban J connectivity index is 0.000000186. The van der Waals surface area contributed by atoms with Crippen LogP contribution in [-0.2, 0) is 21.0 Å². The van der Waals surface area contributed by atoms with Crippen molar-refractivity contribution in [3.63, 3.8) is 0 Å². The maximum atomic E-state index is 12.0. The maximum Gasteiger partial charge on any atom is 0.238 e. The minimum absolute atomic E-state index is 0.0951. The summed E-state index contributed by atoms with van der Waals surface area (Å²) in [5.74, 6) is 0. The highest BCUT2D eigenvalue weighted by Crippen LogP contribution is 2.35. The summed E-state index contributed by atoms with van der Waals surface area (Å²) in [6.45, 7) is 10.6. The van der Waals surface area contributed by atoms with Gasteiger partial charge in [-0.05, 0) is 74.5 Å². The summed E-state index contributed by atoms with van der Waals surface area (Å²) in [4.78, 5) is 9.21. The van der Waals surface area contributed by atoms with E-state index >= 15 is 0 Å². The van der Waals surface area contributed by atoms with Crippen molar-refractivity contribution in [1.82, 2.24) is 29.2 Å². The van der Waals surface area contributed by atoms with Crippen LogP contribution in [0.1, 0.15) is 45.7 Å². The van der Waals surface area contributed by atoms with E-state index in [1.807, 2.05) is 75.0 Å². The second-order valence-electron chi connectivity index (χ2n) is 14.6. The lowest BCUT2D eigenvalue weighted by Gasteiger charge is -2.19. The van der Waals surface area contributed by atoms with Crippen molar-refractivity contribution < 1.29 is 8.42 Å². The third kappa shape index (κ3) is 7.36. The molecule has 268 valence electrons. The quantitative estimate of drug-likeness (QED) is 0.178. The number of nitrogens with zero attached hydrogens (tertiary/aromatic N) is 6. The van der Waals surface area contributed by atoms with Crippen molar-refractivity contribution in [3.8, 4) is 33.4 Å². The number of benzene rings is 4. The van der Waals surface area contributed by atoms with E-state index in [2.05, 4.69) is 81.1 Å². The first-order valence-corrected chi connectivity index (χ1v) is 19.3. The first kappa shape index (κ1) is 36.1. The SMILES string of the molecule is CC(C)(C)c1ccc(-c2cnc3c(Br)cnn3c2)cc1.CC(C)(N)c1ccc(-c2cnc3c(-c4ccc(S(N)(=O)=O)c5ccccc45)cnn3c2)cc1. The Morgan fingerprint density at radius 2 is 1.13 bits per heavy atom. The van der Waals surface area contributed by atoms with Gasteiger partial charge < -0.3 is 5.73 Å². The molecule has 0 fully saturated rings. The third-order valence-electron chi connectivity index (χ3n) is 9.20. The van der Waals surface area contributed by atoms with Crippen molar-refractivity contribution in [2.75, 3.05) is 0 Å². The maximum absolute atomic E-state index is 12.0. The molecule has 0 aliphatic rings. The van der Waals surface area contributed by atoms with Crippen LogP contribution in [0.3, 0.4) is 0 Å². The zero-order valence-electron chi connectivity index (χ0n) is 30.0. The molecule has 10 nitrogen and oxygen atoms in total. The number of rotatable bonds is 5. The number of fused-ring (bicyclic) bond motifs is 3. The Kier molecular flexibility index (Phi) is 9.27. The van der Waals surface area contributed by atoms with Crippen LogP contribution in [0.2, 0.25) is 0 Å². The average Bonchev–Trinajstić information content (AvgIpc) is 3.73. The topological polar surface area (TPSA) is 147 Å². The summed E-state index contributed by atoms with van der Waals surface area (Å²) < 4.78 is 28.5. The van der Waals surface area contributed by atoms with Crippen LogP contribution >= 0.6 is 15.9 Å². The highest BCUT2D eigenvalue weighted by atomic mass is 79.9. The van der Waals surface area contributed by atoms with E-state index in [0.717, 1.165) is 54.5 Å². The van der Waals surface area contributed by atoms with Gasteiger partial charge in [0.1, 0.15) is 0 Å². The summed E-state index contributed by atoms with van der Waals surface area (Å²) in [5, 5.41) is 15.5. The van der Waals surface area contributed by atoms with Gasteiger partial charge in [-0.25, -0.2) is 32.6 Å².